The zero-order valence-electron chi connectivity index (χ0n) is 11.2. The van der Waals surface area contributed by atoms with Crippen LogP contribution in [0.5, 0.6) is 0 Å². The van der Waals surface area contributed by atoms with Gasteiger partial charge in [0, 0.05) is 12.2 Å². The first-order valence-electron chi connectivity index (χ1n) is 6.95. The largest absolute Gasteiger partial charge is 0.371 e. The summed E-state index contributed by atoms with van der Waals surface area (Å²) in [5, 5.41) is 2.84. The van der Waals surface area contributed by atoms with E-state index in [4.69, 9.17) is 10.5 Å². The van der Waals surface area contributed by atoms with E-state index in [2.05, 4.69) is 5.32 Å². The molecule has 0 spiro atoms. The van der Waals surface area contributed by atoms with Gasteiger partial charge in [-0.15, -0.1) is 0 Å². The number of para-hydroxylation sites is 1. The van der Waals surface area contributed by atoms with Crippen molar-refractivity contribution in [3.63, 3.8) is 0 Å². The van der Waals surface area contributed by atoms with Gasteiger partial charge in [0.15, 0.2) is 0 Å². The van der Waals surface area contributed by atoms with E-state index in [1.165, 1.54) is 25.7 Å². The Labute approximate surface area is 114 Å². The number of carbonyl (C=O) groups excluding carboxylic acids is 1. The summed E-state index contributed by atoms with van der Waals surface area (Å²) in [4.78, 5) is 11.8. The number of amides is 1. The number of anilines is 1. The van der Waals surface area contributed by atoms with Gasteiger partial charge >= 0.3 is 0 Å². The molecule has 1 aliphatic rings. The van der Waals surface area contributed by atoms with Crippen LogP contribution in [0.3, 0.4) is 0 Å². The number of nitrogens with one attached hydrogen (secondary N) is 1. The van der Waals surface area contributed by atoms with Gasteiger partial charge in [0.2, 0.25) is 5.91 Å². The van der Waals surface area contributed by atoms with Crippen molar-refractivity contribution in [2.24, 2.45) is 11.7 Å². The zero-order chi connectivity index (χ0) is 13.5. The molecule has 1 saturated carbocycles. The monoisotopic (exact) mass is 262 g/mol. The fourth-order valence-corrected chi connectivity index (χ4v) is 2.50. The van der Waals surface area contributed by atoms with Crippen molar-refractivity contribution in [1.29, 1.82) is 0 Å². The smallest absolute Gasteiger partial charge is 0.250 e. The molecule has 0 aliphatic heterocycles. The van der Waals surface area contributed by atoms with E-state index in [1.54, 1.807) is 0 Å². The number of ether oxygens (including phenoxy) is 1. The Balaban J connectivity index is 1.74. The Morgan fingerprint density at radius 1 is 1.32 bits per heavy atom. The highest BCUT2D eigenvalue weighted by molar-refractivity contribution is 5.92. The van der Waals surface area contributed by atoms with Crippen LogP contribution in [0.2, 0.25) is 0 Å². The van der Waals surface area contributed by atoms with Crippen LogP contribution in [0.25, 0.3) is 0 Å². The Morgan fingerprint density at radius 3 is 2.79 bits per heavy atom. The molecular formula is C15H22N2O2. The number of hydrogen-bond acceptors (Lipinski definition) is 3. The second-order valence-corrected chi connectivity index (χ2v) is 5.08. The van der Waals surface area contributed by atoms with Gasteiger partial charge in [-0.1, -0.05) is 31.0 Å². The first kappa shape index (κ1) is 14.0. The highest BCUT2D eigenvalue weighted by Gasteiger charge is 2.15. The molecule has 1 aliphatic carbocycles. The summed E-state index contributed by atoms with van der Waals surface area (Å²) in [5.41, 5.74) is 7.34. The van der Waals surface area contributed by atoms with Crippen LogP contribution in [0.15, 0.2) is 24.3 Å². The number of rotatable bonds is 6. The highest BCUT2D eigenvalue weighted by atomic mass is 16.5. The van der Waals surface area contributed by atoms with E-state index in [9.17, 15) is 4.79 Å². The van der Waals surface area contributed by atoms with Gasteiger partial charge in [-0.2, -0.15) is 0 Å². The van der Waals surface area contributed by atoms with E-state index >= 15 is 0 Å². The minimum absolute atomic E-state index is 0.112. The Kier molecular flexibility index (Phi) is 5.36. The summed E-state index contributed by atoms with van der Waals surface area (Å²) in [5.74, 6) is 0.531. The first-order chi connectivity index (χ1) is 9.29. The van der Waals surface area contributed by atoms with E-state index in [0.29, 0.717) is 19.1 Å². The summed E-state index contributed by atoms with van der Waals surface area (Å²) in [6.45, 7) is 1.24. The molecule has 0 radical (unpaired) electrons. The van der Waals surface area contributed by atoms with Gasteiger partial charge in [-0.3, -0.25) is 4.79 Å². The molecule has 1 fully saturated rings. The van der Waals surface area contributed by atoms with Gasteiger partial charge in [0.25, 0.3) is 0 Å². The van der Waals surface area contributed by atoms with Gasteiger partial charge in [-0.25, -0.2) is 0 Å². The van der Waals surface area contributed by atoms with Crippen molar-refractivity contribution < 1.29 is 9.53 Å². The average molecular weight is 262 g/mol. The second-order valence-electron chi connectivity index (χ2n) is 5.08. The van der Waals surface area contributed by atoms with E-state index in [1.807, 2.05) is 24.3 Å². The number of hydrogen-bond donors (Lipinski definition) is 2. The summed E-state index contributed by atoms with van der Waals surface area (Å²) < 4.78 is 5.48. The topological polar surface area (TPSA) is 64.3 Å². The van der Waals surface area contributed by atoms with Gasteiger partial charge in [0.05, 0.1) is 6.61 Å². The molecule has 0 atom stereocenters. The van der Waals surface area contributed by atoms with Gasteiger partial charge in [-0.05, 0) is 30.4 Å². The lowest BCUT2D eigenvalue weighted by Crippen LogP contribution is -2.21. The SMILES string of the molecule is NCc1ccccc1NC(=O)COCC1CCCC1. The van der Waals surface area contributed by atoms with Crippen LogP contribution in [0.1, 0.15) is 31.2 Å². The third-order valence-corrected chi connectivity index (χ3v) is 3.57. The normalized spacial score (nSPS) is 15.6. The molecule has 2 rings (SSSR count). The molecule has 4 heteroatoms. The predicted molar refractivity (Wildman–Crippen MR) is 75.7 cm³/mol. The molecule has 1 aromatic rings. The molecule has 0 saturated heterocycles. The maximum Gasteiger partial charge on any atom is 0.250 e. The predicted octanol–water partition coefficient (Wildman–Crippen LogP) is 2.29. The first-order valence-corrected chi connectivity index (χ1v) is 6.95. The minimum atomic E-state index is -0.112. The molecule has 19 heavy (non-hydrogen) atoms. The van der Waals surface area contributed by atoms with Crippen LogP contribution < -0.4 is 11.1 Å². The van der Waals surface area contributed by atoms with Crippen LogP contribution in [-0.2, 0) is 16.1 Å². The van der Waals surface area contributed by atoms with E-state index < -0.39 is 0 Å². The lowest BCUT2D eigenvalue weighted by atomic mass is 10.1. The average Bonchev–Trinajstić information content (AvgIpc) is 2.92. The van der Waals surface area contributed by atoms with E-state index in [-0.39, 0.29) is 12.5 Å². The van der Waals surface area contributed by atoms with Crippen LogP contribution in [-0.4, -0.2) is 19.1 Å². The molecule has 0 aromatic heterocycles. The molecule has 1 amide bonds. The van der Waals surface area contributed by atoms with Crippen molar-refractivity contribution in [3.05, 3.63) is 29.8 Å². The lowest BCUT2D eigenvalue weighted by Gasteiger charge is -2.11. The maximum atomic E-state index is 11.8. The standard InChI is InChI=1S/C15H22N2O2/c16-9-13-7-3-4-8-14(13)17-15(18)11-19-10-12-5-1-2-6-12/h3-4,7-8,12H,1-2,5-6,9-11,16H2,(H,17,18). The molecule has 4 nitrogen and oxygen atoms in total. The van der Waals surface area contributed by atoms with Crippen LogP contribution in [0, 0.1) is 5.92 Å². The Bertz CT molecular complexity index is 414. The quantitative estimate of drug-likeness (QED) is 0.826. The van der Waals surface area contributed by atoms with Crippen molar-refractivity contribution in [2.75, 3.05) is 18.5 Å². The molecule has 1 aromatic carbocycles. The van der Waals surface area contributed by atoms with Crippen molar-refractivity contribution in [1.82, 2.24) is 0 Å². The highest BCUT2D eigenvalue weighted by Crippen LogP contribution is 2.24. The van der Waals surface area contributed by atoms with Gasteiger partial charge in [0.1, 0.15) is 6.61 Å². The van der Waals surface area contributed by atoms with Gasteiger partial charge < -0.3 is 15.8 Å². The van der Waals surface area contributed by atoms with E-state index in [0.717, 1.165) is 11.3 Å². The summed E-state index contributed by atoms with van der Waals surface area (Å²) in [6, 6.07) is 7.56. The summed E-state index contributed by atoms with van der Waals surface area (Å²) >= 11 is 0. The molecule has 0 heterocycles. The lowest BCUT2D eigenvalue weighted by molar-refractivity contribution is -0.121. The summed E-state index contributed by atoms with van der Waals surface area (Å²) in [6.07, 6.45) is 5.06. The van der Waals surface area contributed by atoms with Crippen LogP contribution in [0.4, 0.5) is 5.69 Å². The third kappa shape index (κ3) is 4.33. The third-order valence-electron chi connectivity index (χ3n) is 3.57. The second kappa shape index (κ2) is 7.26. The molecule has 0 bridgehead atoms. The fraction of sp³-hybridized carbons (Fsp3) is 0.533. The molecular weight excluding hydrogens is 240 g/mol. The number of nitrogens with two attached hydrogens (primary N) is 1. The van der Waals surface area contributed by atoms with Crippen molar-refractivity contribution >= 4 is 11.6 Å². The fourth-order valence-electron chi connectivity index (χ4n) is 2.50. The molecule has 104 valence electrons. The minimum Gasteiger partial charge on any atom is -0.371 e. The molecule has 0 unspecified atom stereocenters. The summed E-state index contributed by atoms with van der Waals surface area (Å²) in [7, 11) is 0. The Hall–Kier alpha value is -1.39. The maximum absolute atomic E-state index is 11.8. The zero-order valence-corrected chi connectivity index (χ0v) is 11.2. The molecule has 3 N–H and O–H groups in total. The number of carbonyl (C=O) groups is 1. The van der Waals surface area contributed by atoms with Crippen molar-refractivity contribution in [3.8, 4) is 0 Å². The van der Waals surface area contributed by atoms with Crippen LogP contribution >= 0.6 is 0 Å². The number of benzene rings is 1. The Morgan fingerprint density at radius 2 is 2.05 bits per heavy atom. The van der Waals surface area contributed by atoms with Crippen molar-refractivity contribution in [2.45, 2.75) is 32.2 Å².